The maximum absolute atomic E-state index is 13.4. The molecule has 0 aliphatic rings. The van der Waals surface area contributed by atoms with Crippen LogP contribution < -0.4 is 18.5 Å². The Bertz CT molecular complexity index is 1150. The van der Waals surface area contributed by atoms with Gasteiger partial charge in [-0.05, 0) is 66.2 Å². The quantitative estimate of drug-likeness (QED) is 0.281. The van der Waals surface area contributed by atoms with E-state index in [1.54, 1.807) is 12.1 Å². The Balaban J connectivity index is 2.02. The van der Waals surface area contributed by atoms with E-state index in [1.807, 2.05) is 0 Å². The minimum absolute atomic E-state index is 0.122. The molecule has 0 bridgehead atoms. The fraction of sp³-hybridized carbons (Fsp3) is 0.182. The molecule has 3 aromatic rings. The number of rotatable bonds is 10. The van der Waals surface area contributed by atoms with Gasteiger partial charge in [0.05, 0.1) is 14.2 Å². The second-order valence-electron chi connectivity index (χ2n) is 7.16. The fourth-order valence-corrected chi connectivity index (χ4v) is 6.83. The van der Waals surface area contributed by atoms with E-state index in [2.05, 4.69) is 15.9 Å². The molecule has 0 heterocycles. The van der Waals surface area contributed by atoms with E-state index in [-0.39, 0.29) is 17.1 Å². The lowest BCUT2D eigenvalue weighted by molar-refractivity contribution is 0.135. The Hall–Kier alpha value is -2.32. The summed E-state index contributed by atoms with van der Waals surface area (Å²) in [6, 6.07) is 17.5. The number of hydrogen-bond donors (Lipinski definition) is 3. The third-order valence-corrected chi connectivity index (χ3v) is 9.87. The largest absolute Gasteiger partial charge is 0.497 e. The zero-order valence-electron chi connectivity index (χ0n) is 18.2. The van der Waals surface area contributed by atoms with Gasteiger partial charge in [-0.3, -0.25) is 0 Å². The molecule has 34 heavy (non-hydrogen) atoms. The standard InChI is InChI=1S/C22H23BrO9P2/c1-29-18-6-10-20(11-7-18)31-33(25,26)22(24,15-16-4-3-5-17(23)14-16)34(27,28)32-21-12-8-19(30-2)9-13-21/h3-14,24H,15H2,1-2H3,(H,25,26)(H,27,28). The Labute approximate surface area is 205 Å². The molecule has 0 aliphatic heterocycles. The molecule has 0 saturated heterocycles. The zero-order valence-corrected chi connectivity index (χ0v) is 21.6. The van der Waals surface area contributed by atoms with Gasteiger partial charge in [0, 0.05) is 10.9 Å². The molecular formula is C22H23BrO9P2. The van der Waals surface area contributed by atoms with Crippen molar-refractivity contribution < 1.29 is 42.5 Å². The molecule has 0 amide bonds. The van der Waals surface area contributed by atoms with Crippen LogP contribution in [-0.2, 0) is 15.6 Å². The lowest BCUT2D eigenvalue weighted by atomic mass is 10.2. The van der Waals surface area contributed by atoms with Crippen LogP contribution in [0.3, 0.4) is 0 Å². The molecule has 2 atom stereocenters. The summed E-state index contributed by atoms with van der Waals surface area (Å²) in [7, 11) is -7.66. The molecule has 0 radical (unpaired) electrons. The van der Waals surface area contributed by atoms with Gasteiger partial charge in [0.1, 0.15) is 23.0 Å². The average molecular weight is 573 g/mol. The highest BCUT2D eigenvalue weighted by molar-refractivity contribution is 9.10. The molecule has 2 unspecified atom stereocenters. The van der Waals surface area contributed by atoms with Crippen molar-refractivity contribution in [1.29, 1.82) is 0 Å². The van der Waals surface area contributed by atoms with Crippen molar-refractivity contribution in [2.75, 3.05) is 14.2 Å². The first-order chi connectivity index (χ1) is 16.0. The fourth-order valence-electron chi connectivity index (χ4n) is 2.99. The summed E-state index contributed by atoms with van der Waals surface area (Å²) >= 11 is 3.27. The Morgan fingerprint density at radius 3 is 1.56 bits per heavy atom. The predicted molar refractivity (Wildman–Crippen MR) is 130 cm³/mol. The van der Waals surface area contributed by atoms with Gasteiger partial charge in [0.2, 0.25) is 0 Å². The Morgan fingerprint density at radius 2 is 1.18 bits per heavy atom. The van der Waals surface area contributed by atoms with Crippen LogP contribution in [0.5, 0.6) is 23.0 Å². The molecule has 9 nitrogen and oxygen atoms in total. The summed E-state index contributed by atoms with van der Waals surface area (Å²) < 4.78 is 47.8. The van der Waals surface area contributed by atoms with Crippen LogP contribution in [0.4, 0.5) is 0 Å². The number of hydrogen-bond acceptors (Lipinski definition) is 7. The highest BCUT2D eigenvalue weighted by atomic mass is 79.9. The maximum atomic E-state index is 13.4. The van der Waals surface area contributed by atoms with Gasteiger partial charge < -0.3 is 33.4 Å². The van der Waals surface area contributed by atoms with Crippen molar-refractivity contribution in [2.24, 2.45) is 0 Å². The molecule has 3 aromatic carbocycles. The van der Waals surface area contributed by atoms with Gasteiger partial charge in [-0.15, -0.1) is 0 Å². The number of halogens is 1. The third-order valence-electron chi connectivity index (χ3n) is 4.81. The molecule has 0 spiro atoms. The normalized spacial score (nSPS) is 16.4. The summed E-state index contributed by atoms with van der Waals surface area (Å²) in [6.45, 7) is 0. The first-order valence-corrected chi connectivity index (χ1v) is 13.7. The first kappa shape index (κ1) is 26.3. The van der Waals surface area contributed by atoms with Crippen LogP contribution in [0.1, 0.15) is 5.56 Å². The summed E-state index contributed by atoms with van der Waals surface area (Å²) in [5.74, 6) is 0.674. The second kappa shape index (κ2) is 10.5. The van der Waals surface area contributed by atoms with Gasteiger partial charge >= 0.3 is 15.2 Å². The van der Waals surface area contributed by atoms with Crippen LogP contribution in [0, 0.1) is 0 Å². The van der Waals surface area contributed by atoms with Crippen LogP contribution in [-0.4, -0.2) is 34.2 Å². The highest BCUT2D eigenvalue weighted by Gasteiger charge is 2.64. The van der Waals surface area contributed by atoms with Crippen LogP contribution in [0.25, 0.3) is 0 Å². The van der Waals surface area contributed by atoms with Crippen LogP contribution >= 0.6 is 31.1 Å². The van der Waals surface area contributed by atoms with E-state index in [0.29, 0.717) is 16.0 Å². The van der Waals surface area contributed by atoms with E-state index in [4.69, 9.17) is 18.5 Å². The van der Waals surface area contributed by atoms with E-state index in [0.717, 1.165) is 0 Å². The second-order valence-corrected chi connectivity index (χ2v) is 12.4. The minimum Gasteiger partial charge on any atom is -0.497 e. The van der Waals surface area contributed by atoms with Crippen molar-refractivity contribution in [3.8, 4) is 23.0 Å². The van der Waals surface area contributed by atoms with E-state index < -0.39 is 26.7 Å². The third kappa shape index (κ3) is 5.84. The summed E-state index contributed by atoms with van der Waals surface area (Å²) in [6.07, 6.45) is -0.722. The molecule has 3 rings (SSSR count). The highest BCUT2D eigenvalue weighted by Crippen LogP contribution is 2.72. The lowest BCUT2D eigenvalue weighted by Crippen LogP contribution is -2.35. The molecule has 12 heteroatoms. The van der Waals surface area contributed by atoms with Crippen molar-refractivity contribution in [3.05, 3.63) is 82.8 Å². The van der Waals surface area contributed by atoms with Crippen molar-refractivity contribution in [3.63, 3.8) is 0 Å². The van der Waals surface area contributed by atoms with Gasteiger partial charge in [-0.2, -0.15) is 0 Å². The summed E-state index contributed by atoms with van der Waals surface area (Å²) in [5, 5.41) is 8.17. The van der Waals surface area contributed by atoms with E-state index in [1.165, 1.54) is 74.9 Å². The van der Waals surface area contributed by atoms with E-state index >= 15 is 0 Å². The molecule has 0 fully saturated rings. The summed E-state index contributed by atoms with van der Waals surface area (Å²) in [4.78, 5) is 21.7. The Morgan fingerprint density at radius 1 is 0.765 bits per heavy atom. The number of methoxy groups -OCH3 is 2. The SMILES string of the molecule is COc1ccc(OP(=O)(O)C(O)(Cc2cccc(Br)c2)P(=O)(O)Oc2ccc(OC)cc2)cc1. The van der Waals surface area contributed by atoms with Crippen molar-refractivity contribution in [2.45, 2.75) is 11.5 Å². The van der Waals surface area contributed by atoms with Gasteiger partial charge in [-0.25, -0.2) is 9.13 Å². The molecule has 0 saturated carbocycles. The van der Waals surface area contributed by atoms with Crippen LogP contribution in [0.2, 0.25) is 0 Å². The smallest absolute Gasteiger partial charge is 0.422 e. The first-order valence-electron chi connectivity index (χ1n) is 9.79. The molecular weight excluding hydrogens is 550 g/mol. The van der Waals surface area contributed by atoms with Gasteiger partial charge in [0.15, 0.2) is 0 Å². The van der Waals surface area contributed by atoms with Gasteiger partial charge in [0.25, 0.3) is 5.08 Å². The van der Waals surface area contributed by atoms with Crippen molar-refractivity contribution >= 4 is 31.1 Å². The maximum Gasteiger partial charge on any atom is 0.422 e. The average Bonchev–Trinajstić information content (AvgIpc) is 2.79. The molecule has 0 aliphatic carbocycles. The number of ether oxygens (including phenoxy) is 2. The minimum atomic E-state index is -5.28. The number of benzene rings is 3. The Kier molecular flexibility index (Phi) is 8.14. The zero-order chi connectivity index (χ0) is 25.0. The topological polar surface area (TPSA) is 132 Å². The van der Waals surface area contributed by atoms with Crippen LogP contribution in [0.15, 0.2) is 77.3 Å². The number of aliphatic hydroxyl groups is 1. The molecule has 3 N–H and O–H groups in total. The lowest BCUT2D eigenvalue weighted by Gasteiger charge is -2.34. The molecule has 0 aromatic heterocycles. The predicted octanol–water partition coefficient (Wildman–Crippen LogP) is 5.18. The summed E-state index contributed by atoms with van der Waals surface area (Å²) in [5.41, 5.74) is 0.289. The molecule has 182 valence electrons. The monoisotopic (exact) mass is 572 g/mol. The van der Waals surface area contributed by atoms with Crippen molar-refractivity contribution in [1.82, 2.24) is 0 Å². The van der Waals surface area contributed by atoms with E-state index in [9.17, 15) is 24.0 Å². The van der Waals surface area contributed by atoms with Gasteiger partial charge in [-0.1, -0.05) is 28.1 Å².